The minimum Gasteiger partial charge on any atom is -0.465 e. The number of carbonyl (C=O) groups excluding carboxylic acids is 3. The van der Waals surface area contributed by atoms with Gasteiger partial charge < -0.3 is 10.1 Å². The Hall–Kier alpha value is -2.48. The first-order valence-corrected chi connectivity index (χ1v) is 9.14. The highest BCUT2D eigenvalue weighted by atomic mass is 32.2. The summed E-state index contributed by atoms with van der Waals surface area (Å²) < 4.78 is 5.02. The number of esters is 1. The molecule has 1 aromatic rings. The predicted molar refractivity (Wildman–Crippen MR) is 103 cm³/mol. The third-order valence-corrected chi connectivity index (χ3v) is 4.55. The third kappa shape index (κ3) is 5.26. The number of aliphatic imine (C=N–C) groups is 2. The van der Waals surface area contributed by atoms with Crippen LogP contribution in [0.5, 0.6) is 0 Å². The molecule has 26 heavy (non-hydrogen) atoms. The van der Waals surface area contributed by atoms with E-state index in [9.17, 15) is 14.4 Å². The van der Waals surface area contributed by atoms with Crippen LogP contribution in [0.4, 0.5) is 10.5 Å². The van der Waals surface area contributed by atoms with Gasteiger partial charge in [-0.05, 0) is 51.0 Å². The van der Waals surface area contributed by atoms with Crippen molar-refractivity contribution in [3.63, 3.8) is 0 Å². The highest BCUT2D eigenvalue weighted by molar-refractivity contribution is 8.14. The van der Waals surface area contributed by atoms with Gasteiger partial charge in [-0.3, -0.25) is 9.59 Å². The maximum Gasteiger partial charge on any atom is 0.367 e. The molecular weight excluding hydrogens is 354 g/mol. The number of aryl methyl sites for hydroxylation is 2. The van der Waals surface area contributed by atoms with Gasteiger partial charge in [0.25, 0.3) is 0 Å². The molecule has 1 aliphatic heterocycles. The molecule has 1 N–H and O–H groups in total. The molecule has 0 bridgehead atoms. The molecule has 0 radical (unpaired) electrons. The van der Waals surface area contributed by atoms with Crippen LogP contribution in [-0.2, 0) is 14.3 Å². The van der Waals surface area contributed by atoms with E-state index in [0.29, 0.717) is 11.4 Å². The molecule has 8 heteroatoms. The SMILES string of the molecule is CCOC(=O)C1C(C)=NC(=O)N=C1SCC(=O)Nc1cc(C)cc(C)c1. The fraction of sp³-hybridized carbons (Fsp3) is 0.389. The van der Waals surface area contributed by atoms with Gasteiger partial charge in [0.1, 0.15) is 5.92 Å². The second-order valence-corrected chi connectivity index (χ2v) is 6.88. The van der Waals surface area contributed by atoms with Gasteiger partial charge >= 0.3 is 12.0 Å². The van der Waals surface area contributed by atoms with Crippen molar-refractivity contribution in [1.82, 2.24) is 0 Å². The van der Waals surface area contributed by atoms with Crippen molar-refractivity contribution < 1.29 is 19.1 Å². The molecule has 1 aromatic carbocycles. The second-order valence-electron chi connectivity index (χ2n) is 5.88. The van der Waals surface area contributed by atoms with Crippen molar-refractivity contribution in [2.45, 2.75) is 27.7 Å². The normalized spacial score (nSPS) is 16.6. The lowest BCUT2D eigenvalue weighted by molar-refractivity contribution is -0.143. The molecule has 1 heterocycles. The van der Waals surface area contributed by atoms with Crippen LogP contribution < -0.4 is 5.32 Å². The first-order valence-electron chi connectivity index (χ1n) is 8.15. The van der Waals surface area contributed by atoms with E-state index in [1.807, 2.05) is 32.0 Å². The van der Waals surface area contributed by atoms with Gasteiger partial charge in [-0.15, -0.1) is 0 Å². The molecule has 0 spiro atoms. The average Bonchev–Trinajstić information content (AvgIpc) is 2.51. The number of ether oxygens (including phenoxy) is 1. The average molecular weight is 375 g/mol. The Labute approximate surface area is 156 Å². The van der Waals surface area contributed by atoms with Crippen molar-refractivity contribution >= 4 is 46.1 Å². The van der Waals surface area contributed by atoms with Crippen LogP contribution in [0, 0.1) is 19.8 Å². The molecule has 0 saturated heterocycles. The molecule has 2 rings (SSSR count). The van der Waals surface area contributed by atoms with Gasteiger partial charge in [-0.2, -0.15) is 9.98 Å². The number of thioether (sulfide) groups is 1. The van der Waals surface area contributed by atoms with E-state index in [1.54, 1.807) is 13.8 Å². The highest BCUT2D eigenvalue weighted by Crippen LogP contribution is 2.22. The Bertz CT molecular complexity index is 781. The second kappa shape index (κ2) is 8.75. The number of carbonyl (C=O) groups is 3. The lowest BCUT2D eigenvalue weighted by Crippen LogP contribution is -2.34. The maximum absolute atomic E-state index is 12.2. The maximum atomic E-state index is 12.2. The summed E-state index contributed by atoms with van der Waals surface area (Å²) in [6, 6.07) is 5.07. The molecule has 138 valence electrons. The van der Waals surface area contributed by atoms with Gasteiger partial charge in [0.05, 0.1) is 17.4 Å². The van der Waals surface area contributed by atoms with Gasteiger partial charge in [0.15, 0.2) is 0 Å². The molecule has 1 aliphatic rings. The number of amides is 3. The van der Waals surface area contributed by atoms with E-state index in [0.717, 1.165) is 22.9 Å². The first-order chi connectivity index (χ1) is 12.3. The third-order valence-electron chi connectivity index (χ3n) is 3.52. The van der Waals surface area contributed by atoms with Crippen molar-refractivity contribution in [2.24, 2.45) is 15.9 Å². The van der Waals surface area contributed by atoms with Gasteiger partial charge in [-0.1, -0.05) is 17.8 Å². The zero-order valence-corrected chi connectivity index (χ0v) is 16.0. The summed E-state index contributed by atoms with van der Waals surface area (Å²) in [4.78, 5) is 43.4. The van der Waals surface area contributed by atoms with Crippen LogP contribution in [0.3, 0.4) is 0 Å². The standard InChI is InChI=1S/C18H21N3O4S/c1-5-25-17(23)15-12(4)19-18(24)21-16(15)26-9-14(22)20-13-7-10(2)6-11(3)8-13/h6-8,15H,5,9H2,1-4H3,(H,20,22). The lowest BCUT2D eigenvalue weighted by atomic mass is 10.1. The van der Waals surface area contributed by atoms with Crippen LogP contribution in [0.15, 0.2) is 28.2 Å². The van der Waals surface area contributed by atoms with Crippen molar-refractivity contribution in [1.29, 1.82) is 0 Å². The van der Waals surface area contributed by atoms with Crippen LogP contribution in [0.2, 0.25) is 0 Å². The topological polar surface area (TPSA) is 97.2 Å². The summed E-state index contributed by atoms with van der Waals surface area (Å²) in [7, 11) is 0. The van der Waals surface area contributed by atoms with E-state index in [-0.39, 0.29) is 23.3 Å². The fourth-order valence-electron chi connectivity index (χ4n) is 2.57. The molecule has 7 nitrogen and oxygen atoms in total. The van der Waals surface area contributed by atoms with E-state index in [4.69, 9.17) is 4.74 Å². The van der Waals surface area contributed by atoms with E-state index in [2.05, 4.69) is 15.3 Å². The Morgan fingerprint density at radius 1 is 1.15 bits per heavy atom. The lowest BCUT2D eigenvalue weighted by Gasteiger charge is -2.19. The van der Waals surface area contributed by atoms with Gasteiger partial charge in [-0.25, -0.2) is 4.79 Å². The summed E-state index contributed by atoms with van der Waals surface area (Å²) in [6.45, 7) is 7.38. The summed E-state index contributed by atoms with van der Waals surface area (Å²) in [5, 5.41) is 3.04. The minimum absolute atomic E-state index is 0.0162. The Balaban J connectivity index is 2.04. The molecule has 0 saturated carbocycles. The largest absolute Gasteiger partial charge is 0.465 e. The highest BCUT2D eigenvalue weighted by Gasteiger charge is 2.33. The smallest absolute Gasteiger partial charge is 0.367 e. The first kappa shape index (κ1) is 19.8. The molecule has 3 amide bonds. The number of nitrogens with one attached hydrogen (secondary N) is 1. The summed E-state index contributed by atoms with van der Waals surface area (Å²) in [6.07, 6.45) is 0. The molecule has 1 atom stereocenters. The number of rotatable bonds is 5. The number of benzene rings is 1. The van der Waals surface area contributed by atoms with Gasteiger partial charge in [0.2, 0.25) is 5.91 Å². The number of hydrogen-bond donors (Lipinski definition) is 1. The molecule has 0 aromatic heterocycles. The van der Waals surface area contributed by atoms with Crippen LogP contribution in [-0.4, -0.2) is 41.0 Å². The van der Waals surface area contributed by atoms with Crippen molar-refractivity contribution in [3.8, 4) is 0 Å². The Morgan fingerprint density at radius 2 is 1.81 bits per heavy atom. The van der Waals surface area contributed by atoms with Crippen molar-refractivity contribution in [2.75, 3.05) is 17.7 Å². The van der Waals surface area contributed by atoms with Crippen LogP contribution in [0.25, 0.3) is 0 Å². The number of anilines is 1. The minimum atomic E-state index is -0.841. The molecular formula is C18H21N3O4S. The fourth-order valence-corrected chi connectivity index (χ4v) is 3.50. The van der Waals surface area contributed by atoms with Crippen LogP contribution >= 0.6 is 11.8 Å². The molecule has 0 fully saturated rings. The Morgan fingerprint density at radius 3 is 2.42 bits per heavy atom. The zero-order valence-electron chi connectivity index (χ0n) is 15.2. The monoisotopic (exact) mass is 375 g/mol. The molecule has 1 unspecified atom stereocenters. The number of hydrogen-bond acceptors (Lipinski definition) is 5. The van der Waals surface area contributed by atoms with E-state index in [1.165, 1.54) is 0 Å². The van der Waals surface area contributed by atoms with Crippen LogP contribution in [0.1, 0.15) is 25.0 Å². The number of urea groups is 1. The summed E-state index contributed by atoms with van der Waals surface area (Å²) >= 11 is 1.04. The summed E-state index contributed by atoms with van der Waals surface area (Å²) in [5.41, 5.74) is 3.11. The van der Waals surface area contributed by atoms with E-state index < -0.39 is 17.9 Å². The Kier molecular flexibility index (Phi) is 6.68. The quantitative estimate of drug-likeness (QED) is 0.797. The van der Waals surface area contributed by atoms with E-state index >= 15 is 0 Å². The van der Waals surface area contributed by atoms with Gasteiger partial charge in [0, 0.05) is 11.4 Å². The zero-order chi connectivity index (χ0) is 19.3. The summed E-state index contributed by atoms with van der Waals surface area (Å²) in [5.74, 6) is -1.60. The molecule has 0 aliphatic carbocycles. The number of nitrogens with zero attached hydrogens (tertiary/aromatic N) is 2. The predicted octanol–water partition coefficient (Wildman–Crippen LogP) is 3.15. The van der Waals surface area contributed by atoms with Crippen molar-refractivity contribution in [3.05, 3.63) is 29.3 Å².